The topological polar surface area (TPSA) is 76.6 Å². The van der Waals surface area contributed by atoms with E-state index in [9.17, 15) is 0 Å². The van der Waals surface area contributed by atoms with Crippen molar-refractivity contribution in [3.63, 3.8) is 0 Å². The van der Waals surface area contributed by atoms with Crippen LogP contribution in [0.3, 0.4) is 0 Å². The van der Waals surface area contributed by atoms with Gasteiger partial charge in [-0.25, -0.2) is 15.0 Å². The number of hydrogen-bond donors (Lipinski definition) is 1. The minimum absolute atomic E-state index is 0.441. The maximum Gasteiger partial charge on any atom is 0.246 e. The second-order valence-electron chi connectivity index (χ2n) is 6.30. The first-order valence-electron chi connectivity index (χ1n) is 9.06. The number of nitrogens with zero attached hydrogens (tertiary/aromatic N) is 4. The summed E-state index contributed by atoms with van der Waals surface area (Å²) in [5.74, 6) is 1.79. The number of aromatic nitrogens is 5. The number of rotatable bonds is 5. The van der Waals surface area contributed by atoms with Crippen LogP contribution in [0.2, 0.25) is 0 Å². The molecule has 0 saturated heterocycles. The van der Waals surface area contributed by atoms with Gasteiger partial charge >= 0.3 is 0 Å². The number of benzene rings is 2. The van der Waals surface area contributed by atoms with Crippen LogP contribution in [0.25, 0.3) is 22.3 Å². The molecule has 5 rings (SSSR count). The number of ether oxygens (including phenoxy) is 1. The third kappa shape index (κ3) is 3.68. The number of imidazole rings is 1. The molecule has 2 radical (unpaired) electrons. The van der Waals surface area contributed by atoms with Crippen molar-refractivity contribution in [3.05, 3.63) is 103 Å². The van der Waals surface area contributed by atoms with Gasteiger partial charge in [0, 0.05) is 30.4 Å². The predicted molar refractivity (Wildman–Crippen MR) is 109 cm³/mol. The van der Waals surface area contributed by atoms with Crippen LogP contribution in [0, 0.1) is 6.42 Å². The van der Waals surface area contributed by atoms with Gasteiger partial charge in [0.2, 0.25) is 5.88 Å². The zero-order chi connectivity index (χ0) is 19.5. The highest BCUT2D eigenvalue weighted by Crippen LogP contribution is 2.29. The largest absolute Gasteiger partial charge is 0.437 e. The molecule has 3 aromatic heterocycles. The second kappa shape index (κ2) is 7.52. The van der Waals surface area contributed by atoms with E-state index in [4.69, 9.17) is 4.74 Å². The van der Waals surface area contributed by atoms with E-state index in [0.717, 1.165) is 22.2 Å². The summed E-state index contributed by atoms with van der Waals surface area (Å²) in [7, 11) is 0. The van der Waals surface area contributed by atoms with Crippen molar-refractivity contribution in [2.45, 2.75) is 0 Å². The van der Waals surface area contributed by atoms with E-state index < -0.39 is 0 Å². The van der Waals surface area contributed by atoms with Crippen molar-refractivity contribution < 1.29 is 4.74 Å². The molecule has 138 valence electrons. The Kier molecular flexibility index (Phi) is 4.42. The van der Waals surface area contributed by atoms with Crippen LogP contribution in [0.15, 0.2) is 85.5 Å². The average molecular weight is 377 g/mol. The van der Waals surface area contributed by atoms with E-state index >= 15 is 0 Å². The Morgan fingerprint density at radius 1 is 0.793 bits per heavy atom. The molecule has 3 heterocycles. The first kappa shape index (κ1) is 17.1. The SMILES string of the molecule is [C](c1ccc(Oc2nccnc2-c2ccncc2)cc1)c1nc2ccccc2[nH]1. The Labute approximate surface area is 167 Å². The van der Waals surface area contributed by atoms with Crippen LogP contribution in [-0.2, 0) is 0 Å². The Morgan fingerprint density at radius 2 is 1.59 bits per heavy atom. The number of nitrogens with one attached hydrogen (secondary N) is 1. The molecular weight excluding hydrogens is 362 g/mol. The lowest BCUT2D eigenvalue weighted by molar-refractivity contribution is 0.462. The van der Waals surface area contributed by atoms with E-state index in [2.05, 4.69) is 31.3 Å². The third-order valence-electron chi connectivity index (χ3n) is 4.34. The van der Waals surface area contributed by atoms with Crippen LogP contribution in [0.5, 0.6) is 11.6 Å². The summed E-state index contributed by atoms with van der Waals surface area (Å²) in [5, 5.41) is 0. The first-order chi connectivity index (χ1) is 14.3. The van der Waals surface area contributed by atoms with Crippen LogP contribution in [-0.4, -0.2) is 24.9 Å². The number of para-hydroxylation sites is 2. The van der Waals surface area contributed by atoms with Crippen molar-refractivity contribution >= 4 is 11.0 Å². The standard InChI is InChI=1S/C23H15N5O/c1-2-4-20-19(3-1)27-21(28-20)15-16-5-7-18(8-6-16)29-23-22(25-13-14-26-23)17-9-11-24-12-10-17/h1-14H,(H,27,28). The number of fused-ring (bicyclic) bond motifs is 1. The molecule has 6 nitrogen and oxygen atoms in total. The van der Waals surface area contributed by atoms with Crippen LogP contribution in [0.4, 0.5) is 0 Å². The fraction of sp³-hybridized carbons (Fsp3) is 0. The zero-order valence-electron chi connectivity index (χ0n) is 15.3. The van der Waals surface area contributed by atoms with Gasteiger partial charge in [0.1, 0.15) is 17.3 Å². The van der Waals surface area contributed by atoms with E-state index in [-0.39, 0.29) is 0 Å². The molecule has 0 unspecified atom stereocenters. The summed E-state index contributed by atoms with van der Waals surface area (Å²) >= 11 is 0. The Hall–Kier alpha value is -4.06. The van der Waals surface area contributed by atoms with Gasteiger partial charge in [-0.2, -0.15) is 0 Å². The van der Waals surface area contributed by atoms with E-state index in [1.165, 1.54) is 0 Å². The lowest BCUT2D eigenvalue weighted by Crippen LogP contribution is -1.94. The molecule has 0 aliphatic rings. The molecule has 0 amide bonds. The second-order valence-corrected chi connectivity index (χ2v) is 6.30. The van der Waals surface area contributed by atoms with Crippen LogP contribution < -0.4 is 4.74 Å². The monoisotopic (exact) mass is 377 g/mol. The molecular formula is C23H15N5O. The number of hydrogen-bond acceptors (Lipinski definition) is 5. The van der Waals surface area contributed by atoms with Crippen molar-refractivity contribution in [1.29, 1.82) is 0 Å². The zero-order valence-corrected chi connectivity index (χ0v) is 15.3. The van der Waals surface area contributed by atoms with Gasteiger partial charge in [0.05, 0.1) is 17.5 Å². The number of aromatic amines is 1. The lowest BCUT2D eigenvalue weighted by Gasteiger charge is -2.09. The fourth-order valence-corrected chi connectivity index (χ4v) is 2.97. The van der Waals surface area contributed by atoms with Crippen LogP contribution in [0.1, 0.15) is 11.4 Å². The molecule has 6 heteroatoms. The Balaban J connectivity index is 1.35. The predicted octanol–water partition coefficient (Wildman–Crippen LogP) is 4.68. The van der Waals surface area contributed by atoms with Gasteiger partial charge < -0.3 is 9.72 Å². The van der Waals surface area contributed by atoms with Crippen LogP contribution >= 0.6 is 0 Å². The minimum atomic E-state index is 0.441. The average Bonchev–Trinajstić information content (AvgIpc) is 3.18. The summed E-state index contributed by atoms with van der Waals surface area (Å²) in [6.07, 6.45) is 9.94. The maximum atomic E-state index is 5.97. The van der Waals surface area contributed by atoms with E-state index in [0.29, 0.717) is 23.1 Å². The summed E-state index contributed by atoms with van der Waals surface area (Å²) in [4.78, 5) is 20.5. The van der Waals surface area contributed by atoms with Gasteiger partial charge in [0.25, 0.3) is 0 Å². The quantitative estimate of drug-likeness (QED) is 0.481. The number of pyridine rings is 1. The molecule has 2 aromatic carbocycles. The summed E-state index contributed by atoms with van der Waals surface area (Å²) in [6.45, 7) is 0. The minimum Gasteiger partial charge on any atom is -0.437 e. The van der Waals surface area contributed by atoms with Crippen molar-refractivity contribution in [2.24, 2.45) is 0 Å². The highest BCUT2D eigenvalue weighted by molar-refractivity contribution is 5.75. The molecule has 1 N–H and O–H groups in total. The van der Waals surface area contributed by atoms with Gasteiger partial charge in [-0.1, -0.05) is 24.3 Å². The number of H-pyrrole nitrogens is 1. The normalized spacial score (nSPS) is 10.9. The lowest BCUT2D eigenvalue weighted by atomic mass is 10.1. The van der Waals surface area contributed by atoms with Gasteiger partial charge in [-0.15, -0.1) is 0 Å². The summed E-state index contributed by atoms with van der Waals surface area (Å²) in [5.41, 5.74) is 4.36. The molecule has 5 aromatic rings. The van der Waals surface area contributed by atoms with Gasteiger partial charge in [-0.05, 0) is 42.0 Å². The molecule has 0 bridgehead atoms. The Morgan fingerprint density at radius 3 is 2.41 bits per heavy atom. The fourth-order valence-electron chi connectivity index (χ4n) is 2.97. The van der Waals surface area contributed by atoms with Crippen molar-refractivity contribution in [1.82, 2.24) is 24.9 Å². The summed E-state index contributed by atoms with van der Waals surface area (Å²) < 4.78 is 5.97. The van der Waals surface area contributed by atoms with Gasteiger partial charge in [0.15, 0.2) is 0 Å². The Bertz CT molecular complexity index is 1220. The van der Waals surface area contributed by atoms with Crippen molar-refractivity contribution in [2.75, 3.05) is 0 Å². The molecule has 0 fully saturated rings. The molecule has 0 aliphatic heterocycles. The smallest absolute Gasteiger partial charge is 0.246 e. The highest BCUT2D eigenvalue weighted by atomic mass is 16.5. The molecule has 0 spiro atoms. The van der Waals surface area contributed by atoms with Crippen molar-refractivity contribution in [3.8, 4) is 22.9 Å². The molecule has 0 saturated carbocycles. The molecule has 0 atom stereocenters. The third-order valence-corrected chi connectivity index (χ3v) is 4.34. The molecule has 0 aliphatic carbocycles. The molecule has 29 heavy (non-hydrogen) atoms. The first-order valence-corrected chi connectivity index (χ1v) is 9.06. The highest BCUT2D eigenvalue weighted by Gasteiger charge is 2.11. The van der Waals surface area contributed by atoms with Gasteiger partial charge in [-0.3, -0.25) is 4.98 Å². The van der Waals surface area contributed by atoms with E-state index in [1.54, 1.807) is 24.8 Å². The summed E-state index contributed by atoms with van der Waals surface area (Å²) in [6, 6.07) is 19.2. The van der Waals surface area contributed by atoms with E-state index in [1.807, 2.05) is 60.7 Å². The maximum absolute atomic E-state index is 5.97.